The Labute approximate surface area is 245 Å². The molecular weight excluding hydrogens is 528 g/mol. The van der Waals surface area contributed by atoms with Crippen molar-refractivity contribution < 1.29 is 28.7 Å². The van der Waals surface area contributed by atoms with Crippen molar-refractivity contribution in [3.8, 4) is 33.8 Å². The fourth-order valence-electron chi connectivity index (χ4n) is 5.19. The third kappa shape index (κ3) is 6.89. The Kier molecular flexibility index (Phi) is 8.72. The summed E-state index contributed by atoms with van der Waals surface area (Å²) >= 11 is 0. The summed E-state index contributed by atoms with van der Waals surface area (Å²) in [6.07, 6.45) is 2.26. The first-order valence-electron chi connectivity index (χ1n) is 14.1. The molecule has 0 spiro atoms. The summed E-state index contributed by atoms with van der Waals surface area (Å²) in [7, 11) is 0. The SMILES string of the molecule is CC(=O)c1ccc(-c2ccc(OC(=O)[C@H]3CC[C@H](C(=O)Oc4ccc(-c5ccc(C(C)=O)cc5)cc4)CC3)cc2)cc1. The Morgan fingerprint density at radius 2 is 0.714 bits per heavy atom. The van der Waals surface area contributed by atoms with Crippen LogP contribution in [0.2, 0.25) is 0 Å². The Balaban J connectivity index is 1.09. The maximum atomic E-state index is 12.8. The van der Waals surface area contributed by atoms with Crippen molar-refractivity contribution in [1.82, 2.24) is 0 Å². The Bertz CT molecular complexity index is 1450. The fraction of sp³-hybridized carbons (Fsp3) is 0.222. The van der Waals surface area contributed by atoms with E-state index in [-0.39, 0.29) is 35.3 Å². The second kappa shape index (κ2) is 12.8. The number of Topliss-reactive ketones (excluding diaryl/α,β-unsaturated/α-hetero) is 2. The largest absolute Gasteiger partial charge is 0.426 e. The van der Waals surface area contributed by atoms with Gasteiger partial charge in [-0.25, -0.2) is 0 Å². The van der Waals surface area contributed by atoms with Crippen molar-refractivity contribution in [2.24, 2.45) is 11.8 Å². The fourth-order valence-corrected chi connectivity index (χ4v) is 5.19. The Morgan fingerprint density at radius 1 is 0.452 bits per heavy atom. The number of ketones is 2. The Hall–Kier alpha value is -4.84. The van der Waals surface area contributed by atoms with E-state index in [2.05, 4.69) is 0 Å². The van der Waals surface area contributed by atoms with Crippen molar-refractivity contribution >= 4 is 23.5 Å². The molecule has 1 aliphatic carbocycles. The molecule has 0 atom stereocenters. The molecular formula is C36H32O6. The molecule has 212 valence electrons. The molecule has 0 heterocycles. The van der Waals surface area contributed by atoms with E-state index in [1.165, 1.54) is 13.8 Å². The van der Waals surface area contributed by atoms with Crippen molar-refractivity contribution in [1.29, 1.82) is 0 Å². The van der Waals surface area contributed by atoms with Crippen LogP contribution in [0.5, 0.6) is 11.5 Å². The van der Waals surface area contributed by atoms with E-state index in [0.717, 1.165) is 22.3 Å². The predicted octanol–water partition coefficient (Wildman–Crippen LogP) is 7.74. The van der Waals surface area contributed by atoms with Crippen molar-refractivity contribution in [2.45, 2.75) is 39.5 Å². The number of carbonyl (C=O) groups is 4. The smallest absolute Gasteiger partial charge is 0.314 e. The van der Waals surface area contributed by atoms with Gasteiger partial charge in [-0.05, 0) is 86.1 Å². The molecule has 0 unspecified atom stereocenters. The summed E-state index contributed by atoms with van der Waals surface area (Å²) in [6.45, 7) is 3.08. The molecule has 0 N–H and O–H groups in total. The minimum absolute atomic E-state index is 0.0238. The van der Waals surface area contributed by atoms with Crippen LogP contribution >= 0.6 is 0 Å². The first-order chi connectivity index (χ1) is 20.3. The van der Waals surface area contributed by atoms with Crippen LogP contribution < -0.4 is 9.47 Å². The van der Waals surface area contributed by atoms with E-state index in [4.69, 9.17) is 9.47 Å². The minimum Gasteiger partial charge on any atom is -0.426 e. The third-order valence-electron chi connectivity index (χ3n) is 7.79. The minimum atomic E-state index is -0.285. The highest BCUT2D eigenvalue weighted by Crippen LogP contribution is 2.32. The molecule has 0 saturated heterocycles. The average Bonchev–Trinajstić information content (AvgIpc) is 3.02. The number of carbonyl (C=O) groups excluding carboxylic acids is 4. The number of ether oxygens (including phenoxy) is 2. The van der Waals surface area contributed by atoms with Gasteiger partial charge in [0.25, 0.3) is 0 Å². The molecule has 42 heavy (non-hydrogen) atoms. The monoisotopic (exact) mass is 560 g/mol. The van der Waals surface area contributed by atoms with Crippen LogP contribution in [0.1, 0.15) is 60.2 Å². The molecule has 1 fully saturated rings. The van der Waals surface area contributed by atoms with Crippen molar-refractivity contribution in [3.63, 3.8) is 0 Å². The van der Waals surface area contributed by atoms with Crippen molar-refractivity contribution in [2.75, 3.05) is 0 Å². The first-order valence-corrected chi connectivity index (χ1v) is 14.1. The van der Waals surface area contributed by atoms with E-state index >= 15 is 0 Å². The van der Waals surface area contributed by atoms with Gasteiger partial charge in [0.1, 0.15) is 11.5 Å². The second-order valence-corrected chi connectivity index (χ2v) is 10.7. The van der Waals surface area contributed by atoms with Crippen LogP contribution in [0.25, 0.3) is 22.3 Å². The standard InChI is InChI=1S/C36H32O6/c1-23(37)25-3-7-27(8-4-25)29-15-19-33(20-16-29)41-35(39)31-11-13-32(14-12-31)36(40)42-34-21-17-30(18-22-34)28-9-5-26(6-10-28)24(2)38/h3-10,15-22,31-32H,11-14H2,1-2H3/t31-,32-. The van der Waals surface area contributed by atoms with Gasteiger partial charge in [0.05, 0.1) is 11.8 Å². The van der Waals surface area contributed by atoms with Gasteiger partial charge in [-0.1, -0.05) is 72.8 Å². The molecule has 1 aliphatic rings. The highest BCUT2D eigenvalue weighted by molar-refractivity contribution is 5.95. The van der Waals surface area contributed by atoms with Gasteiger partial charge in [-0.3, -0.25) is 19.2 Å². The number of rotatable bonds is 8. The van der Waals surface area contributed by atoms with Gasteiger partial charge in [-0.15, -0.1) is 0 Å². The molecule has 0 aliphatic heterocycles. The Morgan fingerprint density at radius 3 is 0.976 bits per heavy atom. The zero-order valence-electron chi connectivity index (χ0n) is 23.7. The van der Waals surface area contributed by atoms with Crippen LogP contribution in [-0.4, -0.2) is 23.5 Å². The van der Waals surface area contributed by atoms with E-state index in [9.17, 15) is 19.2 Å². The number of esters is 2. The first kappa shape index (κ1) is 28.7. The van der Waals surface area contributed by atoms with Crippen LogP contribution in [0.15, 0.2) is 97.1 Å². The van der Waals surface area contributed by atoms with Gasteiger partial charge in [0.15, 0.2) is 11.6 Å². The molecule has 4 aromatic carbocycles. The van der Waals surface area contributed by atoms with Crippen LogP contribution in [-0.2, 0) is 9.59 Å². The highest BCUT2D eigenvalue weighted by Gasteiger charge is 2.32. The van der Waals surface area contributed by atoms with E-state index in [1.54, 1.807) is 48.5 Å². The number of benzene rings is 4. The summed E-state index contributed by atoms with van der Waals surface area (Å²) in [4.78, 5) is 48.6. The summed E-state index contributed by atoms with van der Waals surface area (Å²) in [5, 5.41) is 0. The van der Waals surface area contributed by atoms with Gasteiger partial charge in [-0.2, -0.15) is 0 Å². The molecule has 4 aromatic rings. The number of hydrogen-bond donors (Lipinski definition) is 0. The molecule has 1 saturated carbocycles. The molecule has 0 radical (unpaired) electrons. The van der Waals surface area contributed by atoms with Gasteiger partial charge in [0, 0.05) is 11.1 Å². The number of hydrogen-bond acceptors (Lipinski definition) is 6. The highest BCUT2D eigenvalue weighted by atomic mass is 16.5. The van der Waals surface area contributed by atoms with Crippen LogP contribution in [0.4, 0.5) is 0 Å². The lowest BCUT2D eigenvalue weighted by atomic mass is 9.82. The molecule has 0 amide bonds. The second-order valence-electron chi connectivity index (χ2n) is 10.7. The van der Waals surface area contributed by atoms with E-state index < -0.39 is 0 Å². The normalized spacial score (nSPS) is 16.3. The lowest BCUT2D eigenvalue weighted by Gasteiger charge is -2.25. The molecule has 0 bridgehead atoms. The maximum absolute atomic E-state index is 12.8. The van der Waals surface area contributed by atoms with Crippen LogP contribution in [0.3, 0.4) is 0 Å². The lowest BCUT2D eigenvalue weighted by molar-refractivity contribution is -0.145. The summed E-state index contributed by atoms with van der Waals surface area (Å²) in [5.74, 6) is -0.0955. The van der Waals surface area contributed by atoms with Crippen LogP contribution in [0, 0.1) is 11.8 Å². The van der Waals surface area contributed by atoms with E-state index in [1.807, 2.05) is 48.5 Å². The maximum Gasteiger partial charge on any atom is 0.314 e. The summed E-state index contributed by atoms with van der Waals surface area (Å²) in [6, 6.07) is 29.4. The topological polar surface area (TPSA) is 86.7 Å². The summed E-state index contributed by atoms with van der Waals surface area (Å²) in [5.41, 5.74) is 5.19. The molecule has 6 nitrogen and oxygen atoms in total. The quantitative estimate of drug-likeness (QED) is 0.124. The van der Waals surface area contributed by atoms with Crippen molar-refractivity contribution in [3.05, 3.63) is 108 Å². The molecule has 0 aromatic heterocycles. The van der Waals surface area contributed by atoms with Gasteiger partial charge >= 0.3 is 11.9 Å². The lowest BCUT2D eigenvalue weighted by Crippen LogP contribution is -2.30. The summed E-state index contributed by atoms with van der Waals surface area (Å²) < 4.78 is 11.3. The third-order valence-corrected chi connectivity index (χ3v) is 7.79. The van der Waals surface area contributed by atoms with Gasteiger partial charge in [0.2, 0.25) is 0 Å². The predicted molar refractivity (Wildman–Crippen MR) is 160 cm³/mol. The molecule has 6 heteroatoms. The molecule has 5 rings (SSSR count). The van der Waals surface area contributed by atoms with Gasteiger partial charge < -0.3 is 9.47 Å². The zero-order chi connectivity index (χ0) is 29.6. The van der Waals surface area contributed by atoms with E-state index in [0.29, 0.717) is 48.3 Å². The zero-order valence-corrected chi connectivity index (χ0v) is 23.7. The average molecular weight is 561 g/mol.